The normalized spacial score (nSPS) is 11.4. The van der Waals surface area contributed by atoms with E-state index in [0.717, 1.165) is 9.69 Å². The van der Waals surface area contributed by atoms with Crippen LogP contribution in [0.3, 0.4) is 0 Å². The Labute approximate surface area is 140 Å². The number of carbonyl (C=O) groups excluding carboxylic acids is 1. The van der Waals surface area contributed by atoms with Crippen molar-refractivity contribution in [2.24, 2.45) is 5.73 Å². The number of sulfonamides is 1. The van der Waals surface area contributed by atoms with Gasteiger partial charge in [0.15, 0.2) is 0 Å². The van der Waals surface area contributed by atoms with Gasteiger partial charge in [-0.2, -0.15) is 0 Å². The summed E-state index contributed by atoms with van der Waals surface area (Å²) in [5.41, 5.74) is 5.90. The van der Waals surface area contributed by atoms with Crippen molar-refractivity contribution in [1.82, 2.24) is 0 Å². The number of nitrogens with two attached hydrogens (primary N) is 1. The number of hydrogen-bond donors (Lipinski definition) is 1. The smallest absolute Gasteiger partial charge is 0.264 e. The Balaban J connectivity index is 2.13. The molecule has 0 saturated carbocycles. The molecule has 5 nitrogen and oxygen atoms in total. The van der Waals surface area contributed by atoms with Gasteiger partial charge < -0.3 is 5.73 Å². The van der Waals surface area contributed by atoms with Crippen LogP contribution in [0.15, 0.2) is 71.6 Å². The van der Waals surface area contributed by atoms with Crippen LogP contribution in [0.5, 0.6) is 0 Å². The van der Waals surface area contributed by atoms with Crippen LogP contribution < -0.4 is 10.0 Å². The number of rotatable bonds is 4. The molecule has 3 aromatic rings. The quantitative estimate of drug-likeness (QED) is 0.793. The topological polar surface area (TPSA) is 80.5 Å². The summed E-state index contributed by atoms with van der Waals surface area (Å²) in [5, 5.41) is 1.50. The van der Waals surface area contributed by atoms with Crippen LogP contribution in [0.4, 0.5) is 5.69 Å². The van der Waals surface area contributed by atoms with Crippen LogP contribution in [0.1, 0.15) is 10.4 Å². The van der Waals surface area contributed by atoms with E-state index in [1.807, 2.05) is 18.2 Å². The largest absolute Gasteiger partial charge is 0.366 e. The van der Waals surface area contributed by atoms with Crippen molar-refractivity contribution in [2.45, 2.75) is 4.90 Å². The van der Waals surface area contributed by atoms with E-state index in [-0.39, 0.29) is 10.5 Å². The lowest BCUT2D eigenvalue weighted by Crippen LogP contribution is -2.27. The van der Waals surface area contributed by atoms with Gasteiger partial charge in [-0.25, -0.2) is 8.42 Å². The van der Waals surface area contributed by atoms with Gasteiger partial charge in [-0.1, -0.05) is 42.5 Å². The molecule has 0 aliphatic carbocycles. The first-order chi connectivity index (χ1) is 11.4. The lowest BCUT2D eigenvalue weighted by atomic mass is 10.1. The maximum absolute atomic E-state index is 13.0. The molecule has 2 N–H and O–H groups in total. The standard InChI is InChI=1S/C18H16N2O3S/c1-20(15-9-4-8-14(12-15)18(19)21)24(22,23)17-11-5-7-13-6-2-3-10-16(13)17/h2-12H,1H3,(H2,19,21). The second-order valence-corrected chi connectivity index (χ2v) is 7.30. The third-order valence-electron chi connectivity index (χ3n) is 3.88. The monoisotopic (exact) mass is 340 g/mol. The maximum Gasteiger partial charge on any atom is 0.264 e. The highest BCUT2D eigenvalue weighted by Crippen LogP contribution is 2.28. The summed E-state index contributed by atoms with van der Waals surface area (Å²) >= 11 is 0. The summed E-state index contributed by atoms with van der Waals surface area (Å²) < 4.78 is 27.2. The van der Waals surface area contributed by atoms with Crippen molar-refractivity contribution in [3.05, 3.63) is 72.3 Å². The third kappa shape index (κ3) is 2.72. The van der Waals surface area contributed by atoms with Crippen molar-refractivity contribution < 1.29 is 13.2 Å². The Morgan fingerprint density at radius 1 is 0.958 bits per heavy atom. The van der Waals surface area contributed by atoms with Gasteiger partial charge in [-0.15, -0.1) is 0 Å². The summed E-state index contributed by atoms with van der Waals surface area (Å²) in [6.45, 7) is 0. The van der Waals surface area contributed by atoms with Gasteiger partial charge >= 0.3 is 0 Å². The molecule has 24 heavy (non-hydrogen) atoms. The van der Waals surface area contributed by atoms with E-state index in [4.69, 9.17) is 5.73 Å². The van der Waals surface area contributed by atoms with E-state index in [9.17, 15) is 13.2 Å². The first-order valence-corrected chi connectivity index (χ1v) is 8.72. The van der Waals surface area contributed by atoms with E-state index in [1.54, 1.807) is 42.5 Å². The van der Waals surface area contributed by atoms with E-state index in [2.05, 4.69) is 0 Å². The zero-order valence-corrected chi connectivity index (χ0v) is 13.8. The van der Waals surface area contributed by atoms with Gasteiger partial charge in [0.1, 0.15) is 0 Å². The minimum atomic E-state index is -3.78. The number of primary amides is 1. The summed E-state index contributed by atoms with van der Waals surface area (Å²) in [4.78, 5) is 11.5. The molecule has 6 heteroatoms. The van der Waals surface area contributed by atoms with Gasteiger partial charge in [0.25, 0.3) is 10.0 Å². The highest BCUT2D eigenvalue weighted by Gasteiger charge is 2.23. The van der Waals surface area contributed by atoms with E-state index in [1.165, 1.54) is 13.1 Å². The second kappa shape index (κ2) is 5.98. The molecule has 0 heterocycles. The number of carbonyl (C=O) groups is 1. The molecule has 0 unspecified atom stereocenters. The molecule has 0 aliphatic rings. The third-order valence-corrected chi connectivity index (χ3v) is 5.73. The molecule has 3 rings (SSSR count). The van der Waals surface area contributed by atoms with Crippen molar-refractivity contribution in [3.8, 4) is 0 Å². The lowest BCUT2D eigenvalue weighted by molar-refractivity contribution is 0.100. The van der Waals surface area contributed by atoms with Gasteiger partial charge in [0.2, 0.25) is 5.91 Å². The highest BCUT2D eigenvalue weighted by molar-refractivity contribution is 7.93. The second-order valence-electron chi connectivity index (χ2n) is 5.36. The van der Waals surface area contributed by atoms with Gasteiger partial charge in [-0.05, 0) is 29.7 Å². The predicted octanol–water partition coefficient (Wildman–Crippen LogP) is 2.76. The first-order valence-electron chi connectivity index (χ1n) is 7.28. The SMILES string of the molecule is CN(c1cccc(C(N)=O)c1)S(=O)(=O)c1cccc2ccccc12. The van der Waals surface area contributed by atoms with E-state index < -0.39 is 15.9 Å². The Bertz CT molecular complexity index is 1020. The van der Waals surface area contributed by atoms with Crippen LogP contribution in [-0.4, -0.2) is 21.4 Å². The molecule has 3 aromatic carbocycles. The van der Waals surface area contributed by atoms with E-state index >= 15 is 0 Å². The van der Waals surface area contributed by atoms with Crippen LogP contribution >= 0.6 is 0 Å². The predicted molar refractivity (Wildman–Crippen MR) is 94.5 cm³/mol. The van der Waals surface area contributed by atoms with Crippen molar-refractivity contribution in [1.29, 1.82) is 0 Å². The van der Waals surface area contributed by atoms with Gasteiger partial charge in [-0.3, -0.25) is 9.10 Å². The lowest BCUT2D eigenvalue weighted by Gasteiger charge is -2.21. The summed E-state index contributed by atoms with van der Waals surface area (Å²) in [7, 11) is -2.32. The van der Waals surface area contributed by atoms with Crippen molar-refractivity contribution in [2.75, 3.05) is 11.4 Å². The first kappa shape index (κ1) is 16.0. The minimum Gasteiger partial charge on any atom is -0.366 e. The fourth-order valence-corrected chi connectivity index (χ4v) is 3.96. The highest BCUT2D eigenvalue weighted by atomic mass is 32.2. The fourth-order valence-electron chi connectivity index (χ4n) is 2.56. The molecule has 0 atom stereocenters. The van der Waals surface area contributed by atoms with Crippen LogP contribution in [0.2, 0.25) is 0 Å². The molecule has 0 bridgehead atoms. The van der Waals surface area contributed by atoms with Crippen LogP contribution in [-0.2, 0) is 10.0 Å². The molecule has 0 aromatic heterocycles. The van der Waals surface area contributed by atoms with Crippen molar-refractivity contribution in [3.63, 3.8) is 0 Å². The minimum absolute atomic E-state index is 0.215. The molecular weight excluding hydrogens is 324 g/mol. The Hall–Kier alpha value is -2.86. The zero-order chi connectivity index (χ0) is 17.3. The number of hydrogen-bond acceptors (Lipinski definition) is 3. The number of anilines is 1. The molecule has 0 radical (unpaired) electrons. The van der Waals surface area contributed by atoms with Crippen LogP contribution in [0, 0.1) is 0 Å². The molecular formula is C18H16N2O3S. The van der Waals surface area contributed by atoms with E-state index in [0.29, 0.717) is 11.1 Å². The zero-order valence-electron chi connectivity index (χ0n) is 13.0. The van der Waals surface area contributed by atoms with Crippen molar-refractivity contribution >= 4 is 32.4 Å². The summed E-state index contributed by atoms with van der Waals surface area (Å²) in [6, 6.07) is 18.7. The molecule has 0 aliphatic heterocycles. The Morgan fingerprint density at radius 3 is 2.38 bits per heavy atom. The molecule has 0 saturated heterocycles. The Kier molecular flexibility index (Phi) is 3.99. The summed E-state index contributed by atoms with van der Waals surface area (Å²) in [6.07, 6.45) is 0. The summed E-state index contributed by atoms with van der Waals surface area (Å²) in [5.74, 6) is -0.604. The average molecular weight is 340 g/mol. The van der Waals surface area contributed by atoms with Gasteiger partial charge in [0.05, 0.1) is 10.6 Å². The number of benzene rings is 3. The van der Waals surface area contributed by atoms with Gasteiger partial charge in [0, 0.05) is 18.0 Å². The molecule has 0 fully saturated rings. The number of nitrogens with zero attached hydrogens (tertiary/aromatic N) is 1. The fraction of sp³-hybridized carbons (Fsp3) is 0.0556. The number of fused-ring (bicyclic) bond motifs is 1. The molecule has 122 valence electrons. The Morgan fingerprint density at radius 2 is 1.62 bits per heavy atom. The average Bonchev–Trinajstić information content (AvgIpc) is 2.60. The number of amides is 1. The molecule has 0 spiro atoms. The van der Waals surface area contributed by atoms with Crippen LogP contribution in [0.25, 0.3) is 10.8 Å². The molecule has 1 amide bonds. The maximum atomic E-state index is 13.0.